The predicted octanol–water partition coefficient (Wildman–Crippen LogP) is 3.77. The highest BCUT2D eigenvalue weighted by atomic mass is 19.1. The fourth-order valence-electron chi connectivity index (χ4n) is 1.83. The van der Waals surface area contributed by atoms with Gasteiger partial charge in [-0.1, -0.05) is 38.0 Å². The van der Waals surface area contributed by atoms with E-state index in [4.69, 9.17) is 9.47 Å². The third-order valence-electron chi connectivity index (χ3n) is 3.12. The molecule has 0 atom stereocenters. The Hall–Kier alpha value is -1.91. The number of hydrogen-bond donors (Lipinski definition) is 0. The van der Waals surface area contributed by atoms with Crippen molar-refractivity contribution in [2.24, 2.45) is 0 Å². The monoisotopic (exact) mass is 310 g/mol. The molecular weight excluding hydrogens is 287 g/mol. The van der Waals surface area contributed by atoms with Gasteiger partial charge in [0, 0.05) is 18.4 Å². The molecule has 0 saturated heterocycles. The number of hydrogen-bond acceptors (Lipinski definition) is 4. The smallest absolute Gasteiger partial charge is 0.306 e. The van der Waals surface area contributed by atoms with E-state index in [0.29, 0.717) is 18.6 Å². The van der Waals surface area contributed by atoms with Gasteiger partial charge < -0.3 is 9.47 Å². The first-order chi connectivity index (χ1) is 10.6. The van der Waals surface area contributed by atoms with Crippen LogP contribution in [0.15, 0.2) is 24.3 Å². The van der Waals surface area contributed by atoms with E-state index in [0.717, 1.165) is 19.3 Å². The zero-order valence-corrected chi connectivity index (χ0v) is 13.0. The third kappa shape index (κ3) is 7.76. The van der Waals surface area contributed by atoms with Gasteiger partial charge in [0.15, 0.2) is 0 Å². The Morgan fingerprint density at radius 1 is 1.00 bits per heavy atom. The van der Waals surface area contributed by atoms with Gasteiger partial charge in [-0.15, -0.1) is 0 Å². The van der Waals surface area contributed by atoms with Crippen molar-refractivity contribution in [2.45, 2.75) is 52.1 Å². The van der Waals surface area contributed by atoms with Crippen molar-refractivity contribution in [3.8, 4) is 0 Å². The molecule has 1 rings (SSSR count). The standard InChI is InChI=1S/C17H23FO4/c1-2-3-6-12-21-16(19)10-7-11-17(20)22-13-14-8-4-5-9-15(14)18/h4-5,8-9H,2-3,6-7,10-13H2,1H3. The molecule has 0 N–H and O–H groups in total. The molecule has 1 aromatic rings. The Labute approximate surface area is 130 Å². The van der Waals surface area contributed by atoms with Crippen molar-refractivity contribution in [1.82, 2.24) is 0 Å². The van der Waals surface area contributed by atoms with Gasteiger partial charge in [-0.05, 0) is 18.9 Å². The number of rotatable bonds is 10. The van der Waals surface area contributed by atoms with Crippen LogP contribution in [0.1, 0.15) is 51.0 Å². The normalized spacial score (nSPS) is 10.3. The van der Waals surface area contributed by atoms with Gasteiger partial charge in [-0.3, -0.25) is 9.59 Å². The second kappa shape index (κ2) is 10.8. The minimum atomic E-state index is -0.443. The lowest BCUT2D eigenvalue weighted by atomic mass is 10.2. The Bertz CT molecular complexity index is 473. The van der Waals surface area contributed by atoms with E-state index in [2.05, 4.69) is 6.92 Å². The Kier molecular flexibility index (Phi) is 8.88. The maximum atomic E-state index is 13.3. The first kappa shape index (κ1) is 18.1. The number of halogens is 1. The zero-order chi connectivity index (χ0) is 16.2. The Morgan fingerprint density at radius 2 is 1.68 bits per heavy atom. The van der Waals surface area contributed by atoms with Crippen LogP contribution in [-0.4, -0.2) is 18.5 Å². The molecular formula is C17H23FO4. The number of unbranched alkanes of at least 4 members (excludes halogenated alkanes) is 2. The second-order valence-electron chi connectivity index (χ2n) is 5.03. The molecule has 0 saturated carbocycles. The highest BCUT2D eigenvalue weighted by molar-refractivity contribution is 5.72. The number of esters is 2. The van der Waals surface area contributed by atoms with Crippen LogP contribution >= 0.6 is 0 Å². The van der Waals surface area contributed by atoms with Crippen LogP contribution in [0.4, 0.5) is 4.39 Å². The fourth-order valence-corrected chi connectivity index (χ4v) is 1.83. The summed E-state index contributed by atoms with van der Waals surface area (Å²) in [6.45, 7) is 2.42. The zero-order valence-electron chi connectivity index (χ0n) is 13.0. The van der Waals surface area contributed by atoms with Crippen molar-refractivity contribution in [2.75, 3.05) is 6.61 Å². The molecule has 4 nitrogen and oxygen atoms in total. The molecule has 0 radical (unpaired) electrons. The van der Waals surface area contributed by atoms with Gasteiger partial charge in [0.1, 0.15) is 12.4 Å². The van der Waals surface area contributed by atoms with Crippen LogP contribution in [0.2, 0.25) is 0 Å². The molecule has 1 aromatic carbocycles. The molecule has 122 valence electrons. The average Bonchev–Trinajstić information content (AvgIpc) is 2.51. The number of carbonyl (C=O) groups is 2. The second-order valence-corrected chi connectivity index (χ2v) is 5.03. The van der Waals surface area contributed by atoms with Gasteiger partial charge in [0.05, 0.1) is 6.61 Å². The fraction of sp³-hybridized carbons (Fsp3) is 0.529. The third-order valence-corrected chi connectivity index (χ3v) is 3.12. The van der Waals surface area contributed by atoms with Crippen LogP contribution in [0.5, 0.6) is 0 Å². The summed E-state index contributed by atoms with van der Waals surface area (Å²) < 4.78 is 23.3. The van der Waals surface area contributed by atoms with Crippen LogP contribution in [0.25, 0.3) is 0 Å². The van der Waals surface area contributed by atoms with Crippen LogP contribution in [-0.2, 0) is 25.7 Å². The minimum absolute atomic E-state index is 0.0903. The summed E-state index contributed by atoms with van der Waals surface area (Å²) >= 11 is 0. The molecule has 0 aliphatic rings. The summed E-state index contributed by atoms with van der Waals surface area (Å²) in [5.74, 6) is -1.13. The highest BCUT2D eigenvalue weighted by Gasteiger charge is 2.08. The lowest BCUT2D eigenvalue weighted by molar-refractivity contribution is -0.146. The maximum Gasteiger partial charge on any atom is 0.306 e. The van der Waals surface area contributed by atoms with E-state index in [1.807, 2.05) is 0 Å². The summed E-state index contributed by atoms with van der Waals surface area (Å²) in [6.07, 6.45) is 3.68. The largest absolute Gasteiger partial charge is 0.466 e. The number of ether oxygens (including phenoxy) is 2. The molecule has 0 aliphatic heterocycles. The lowest BCUT2D eigenvalue weighted by Gasteiger charge is -2.06. The molecule has 0 aromatic heterocycles. The molecule has 22 heavy (non-hydrogen) atoms. The molecule has 5 heteroatoms. The van der Waals surface area contributed by atoms with E-state index in [9.17, 15) is 14.0 Å². The first-order valence-corrected chi connectivity index (χ1v) is 7.68. The molecule has 0 fully saturated rings. The molecule has 0 bridgehead atoms. The lowest BCUT2D eigenvalue weighted by Crippen LogP contribution is -2.09. The topological polar surface area (TPSA) is 52.6 Å². The van der Waals surface area contributed by atoms with Crippen LogP contribution in [0.3, 0.4) is 0 Å². The van der Waals surface area contributed by atoms with E-state index in [1.54, 1.807) is 18.2 Å². The maximum absolute atomic E-state index is 13.3. The summed E-state index contributed by atoms with van der Waals surface area (Å²) in [5.41, 5.74) is 0.339. The van der Waals surface area contributed by atoms with E-state index < -0.39 is 11.8 Å². The predicted molar refractivity (Wildman–Crippen MR) is 80.5 cm³/mol. The minimum Gasteiger partial charge on any atom is -0.466 e. The Morgan fingerprint density at radius 3 is 2.36 bits per heavy atom. The summed E-state index contributed by atoms with van der Waals surface area (Å²) in [5, 5.41) is 0. The first-order valence-electron chi connectivity index (χ1n) is 7.68. The molecule has 0 amide bonds. The average molecular weight is 310 g/mol. The van der Waals surface area contributed by atoms with Crippen molar-refractivity contribution in [3.05, 3.63) is 35.6 Å². The highest BCUT2D eigenvalue weighted by Crippen LogP contribution is 2.09. The summed E-state index contributed by atoms with van der Waals surface area (Å²) in [6, 6.07) is 6.14. The molecule has 0 spiro atoms. The van der Waals surface area contributed by atoms with E-state index in [-0.39, 0.29) is 25.4 Å². The van der Waals surface area contributed by atoms with Crippen molar-refractivity contribution < 1.29 is 23.5 Å². The SMILES string of the molecule is CCCCCOC(=O)CCCC(=O)OCc1ccccc1F. The summed E-state index contributed by atoms with van der Waals surface area (Å²) in [4.78, 5) is 22.9. The van der Waals surface area contributed by atoms with Gasteiger partial charge in [-0.2, -0.15) is 0 Å². The Balaban J connectivity index is 2.11. The van der Waals surface area contributed by atoms with E-state index in [1.165, 1.54) is 6.07 Å². The molecule has 0 aliphatic carbocycles. The van der Waals surface area contributed by atoms with Crippen LogP contribution < -0.4 is 0 Å². The number of benzene rings is 1. The van der Waals surface area contributed by atoms with Crippen molar-refractivity contribution in [1.29, 1.82) is 0 Å². The van der Waals surface area contributed by atoms with Gasteiger partial charge >= 0.3 is 11.9 Å². The summed E-state index contributed by atoms with van der Waals surface area (Å²) in [7, 11) is 0. The van der Waals surface area contributed by atoms with Crippen LogP contribution in [0, 0.1) is 5.82 Å². The van der Waals surface area contributed by atoms with E-state index >= 15 is 0 Å². The van der Waals surface area contributed by atoms with Gasteiger partial charge in [-0.25, -0.2) is 4.39 Å². The molecule has 0 unspecified atom stereocenters. The molecule has 0 heterocycles. The van der Waals surface area contributed by atoms with Gasteiger partial charge in [0.2, 0.25) is 0 Å². The quantitative estimate of drug-likeness (QED) is 0.487. The number of carbonyl (C=O) groups excluding carboxylic acids is 2. The van der Waals surface area contributed by atoms with Crippen molar-refractivity contribution in [3.63, 3.8) is 0 Å². The van der Waals surface area contributed by atoms with Crippen molar-refractivity contribution >= 4 is 11.9 Å². The van der Waals surface area contributed by atoms with Gasteiger partial charge in [0.25, 0.3) is 0 Å².